The molecule has 1 aromatic carbocycles. The van der Waals surface area contributed by atoms with Crippen LogP contribution in [0.1, 0.15) is 13.3 Å². The molecular weight excluding hydrogens is 220 g/mol. The van der Waals surface area contributed by atoms with Crippen LogP contribution < -0.4 is 5.73 Å². The fraction of sp³-hybridized carbons (Fsp3) is 0.400. The second-order valence-corrected chi connectivity index (χ2v) is 4.72. The molecule has 0 saturated heterocycles. The molecule has 0 aromatic heterocycles. The molecule has 2 N–H and O–H groups in total. The molecule has 0 saturated carbocycles. The summed E-state index contributed by atoms with van der Waals surface area (Å²) in [5.74, 6) is -1.26. The van der Waals surface area contributed by atoms with Crippen LogP contribution in [0.3, 0.4) is 0 Å². The van der Waals surface area contributed by atoms with Gasteiger partial charge in [-0.05, 0) is 18.6 Å². The summed E-state index contributed by atoms with van der Waals surface area (Å²) < 4.78 is 37.4. The van der Waals surface area contributed by atoms with Crippen LogP contribution in [0.25, 0.3) is 0 Å². The van der Waals surface area contributed by atoms with Gasteiger partial charge in [0.05, 0.1) is 15.7 Å². The molecule has 84 valence electrons. The summed E-state index contributed by atoms with van der Waals surface area (Å²) in [6, 6.07) is 2.79. The fourth-order valence-electron chi connectivity index (χ4n) is 1.06. The molecule has 1 rings (SSSR count). The van der Waals surface area contributed by atoms with Crippen LogP contribution >= 0.6 is 0 Å². The molecule has 2 unspecified atom stereocenters. The van der Waals surface area contributed by atoms with Crippen molar-refractivity contribution in [3.8, 4) is 0 Å². The van der Waals surface area contributed by atoms with Crippen molar-refractivity contribution in [1.82, 2.24) is 0 Å². The van der Waals surface area contributed by atoms with E-state index in [-0.39, 0.29) is 16.7 Å². The van der Waals surface area contributed by atoms with Gasteiger partial charge in [-0.15, -0.1) is 0 Å². The van der Waals surface area contributed by atoms with Gasteiger partial charge in [0.25, 0.3) is 0 Å². The lowest BCUT2D eigenvalue weighted by Crippen LogP contribution is -2.26. The lowest BCUT2D eigenvalue weighted by Gasteiger charge is -2.08. The lowest BCUT2D eigenvalue weighted by molar-refractivity contribution is 0.561. The van der Waals surface area contributed by atoms with Crippen molar-refractivity contribution in [2.24, 2.45) is 5.73 Å². The average Bonchev–Trinajstić information content (AvgIpc) is 2.17. The van der Waals surface area contributed by atoms with Crippen LogP contribution in [-0.4, -0.2) is 16.0 Å². The first-order valence-electron chi connectivity index (χ1n) is 4.63. The van der Waals surface area contributed by atoms with Gasteiger partial charge in [-0.1, -0.05) is 6.92 Å². The maximum atomic E-state index is 13.2. The molecule has 0 aliphatic heterocycles. The molecule has 2 nitrogen and oxygen atoms in total. The van der Waals surface area contributed by atoms with Crippen LogP contribution in [-0.2, 0) is 10.8 Å². The molecule has 5 heteroatoms. The summed E-state index contributed by atoms with van der Waals surface area (Å²) >= 11 is 0. The van der Waals surface area contributed by atoms with Gasteiger partial charge in [0.15, 0.2) is 0 Å². The first kappa shape index (κ1) is 12.3. The molecule has 1 aromatic rings. The molecule has 0 spiro atoms. The molecule has 0 aliphatic rings. The fourth-order valence-corrected chi connectivity index (χ4v) is 2.36. The quantitative estimate of drug-likeness (QED) is 0.861. The third-order valence-electron chi connectivity index (χ3n) is 2.03. The number of halogens is 2. The van der Waals surface area contributed by atoms with Crippen LogP contribution in [0.15, 0.2) is 23.1 Å². The van der Waals surface area contributed by atoms with Gasteiger partial charge in [0.1, 0.15) is 11.6 Å². The van der Waals surface area contributed by atoms with Crippen LogP contribution in [0.2, 0.25) is 0 Å². The van der Waals surface area contributed by atoms with E-state index in [1.807, 2.05) is 6.92 Å². The zero-order valence-corrected chi connectivity index (χ0v) is 9.19. The second kappa shape index (κ2) is 5.32. The highest BCUT2D eigenvalue weighted by Gasteiger charge is 2.13. The molecule has 0 radical (unpaired) electrons. The van der Waals surface area contributed by atoms with Crippen molar-refractivity contribution >= 4 is 10.8 Å². The molecule has 0 fully saturated rings. The third-order valence-corrected chi connectivity index (χ3v) is 3.58. The second-order valence-electron chi connectivity index (χ2n) is 3.26. The highest BCUT2D eigenvalue weighted by molar-refractivity contribution is 7.85. The predicted molar refractivity (Wildman–Crippen MR) is 55.9 cm³/mol. The minimum atomic E-state index is -1.50. The normalized spacial score (nSPS) is 14.9. The summed E-state index contributed by atoms with van der Waals surface area (Å²) in [6.45, 7) is 1.86. The Labute approximate surface area is 89.9 Å². The molecule has 0 heterocycles. The van der Waals surface area contributed by atoms with E-state index in [0.29, 0.717) is 6.42 Å². The van der Waals surface area contributed by atoms with E-state index in [0.717, 1.165) is 12.1 Å². The van der Waals surface area contributed by atoms with Gasteiger partial charge in [0, 0.05) is 17.9 Å². The lowest BCUT2D eigenvalue weighted by atomic mass is 10.3. The smallest absolute Gasteiger partial charge is 0.142 e. The summed E-state index contributed by atoms with van der Waals surface area (Å²) in [5, 5.41) is 0. The number of nitrogens with two attached hydrogens (primary N) is 1. The Morgan fingerprint density at radius 3 is 2.67 bits per heavy atom. The van der Waals surface area contributed by atoms with E-state index in [4.69, 9.17) is 5.73 Å². The molecular formula is C10H13F2NOS. The molecule has 0 aliphatic carbocycles. The average molecular weight is 233 g/mol. The van der Waals surface area contributed by atoms with Crippen molar-refractivity contribution in [3.05, 3.63) is 29.8 Å². The zero-order chi connectivity index (χ0) is 11.4. The number of hydrogen-bond donors (Lipinski definition) is 1. The van der Waals surface area contributed by atoms with Crippen molar-refractivity contribution < 1.29 is 13.0 Å². The van der Waals surface area contributed by atoms with E-state index in [9.17, 15) is 13.0 Å². The van der Waals surface area contributed by atoms with Crippen LogP contribution in [0, 0.1) is 11.6 Å². The number of hydrogen-bond acceptors (Lipinski definition) is 2. The summed E-state index contributed by atoms with van der Waals surface area (Å²) in [7, 11) is -1.50. The summed E-state index contributed by atoms with van der Waals surface area (Å²) in [4.78, 5) is 0.0142. The highest BCUT2D eigenvalue weighted by atomic mass is 32.2. The van der Waals surface area contributed by atoms with Gasteiger partial charge in [-0.3, -0.25) is 4.21 Å². The van der Waals surface area contributed by atoms with Gasteiger partial charge >= 0.3 is 0 Å². The van der Waals surface area contributed by atoms with Gasteiger partial charge in [-0.2, -0.15) is 0 Å². The minimum Gasteiger partial charge on any atom is -0.327 e. The molecule has 15 heavy (non-hydrogen) atoms. The Morgan fingerprint density at radius 2 is 2.13 bits per heavy atom. The standard InChI is InChI=1S/C10H13F2NOS/c1-2-8(13)6-15(14)10-4-3-7(11)5-9(10)12/h3-5,8H,2,6,13H2,1H3. The summed E-state index contributed by atoms with van der Waals surface area (Å²) in [5.41, 5.74) is 5.60. The SMILES string of the molecule is CCC(N)CS(=O)c1ccc(F)cc1F. The van der Waals surface area contributed by atoms with Gasteiger partial charge in [0.2, 0.25) is 0 Å². The highest BCUT2D eigenvalue weighted by Crippen LogP contribution is 2.14. The monoisotopic (exact) mass is 233 g/mol. The number of rotatable bonds is 4. The molecule has 0 bridgehead atoms. The number of benzene rings is 1. The van der Waals surface area contributed by atoms with E-state index < -0.39 is 22.4 Å². The predicted octanol–water partition coefficient (Wildman–Crippen LogP) is 1.81. The third kappa shape index (κ3) is 3.35. The van der Waals surface area contributed by atoms with E-state index in [2.05, 4.69) is 0 Å². The van der Waals surface area contributed by atoms with E-state index >= 15 is 0 Å². The Bertz CT molecular complexity index is 370. The van der Waals surface area contributed by atoms with E-state index in [1.165, 1.54) is 6.07 Å². The maximum absolute atomic E-state index is 13.2. The minimum absolute atomic E-state index is 0.0142. The first-order chi connectivity index (χ1) is 7.04. The Hall–Kier alpha value is -0.810. The van der Waals surface area contributed by atoms with Crippen molar-refractivity contribution in [2.75, 3.05) is 5.75 Å². The Balaban J connectivity index is 2.82. The molecule has 2 atom stereocenters. The van der Waals surface area contributed by atoms with Crippen molar-refractivity contribution in [3.63, 3.8) is 0 Å². The Morgan fingerprint density at radius 1 is 1.47 bits per heavy atom. The topological polar surface area (TPSA) is 43.1 Å². The molecule has 0 amide bonds. The summed E-state index contributed by atoms with van der Waals surface area (Å²) in [6.07, 6.45) is 0.675. The first-order valence-corrected chi connectivity index (χ1v) is 5.95. The van der Waals surface area contributed by atoms with Crippen LogP contribution in [0.5, 0.6) is 0 Å². The zero-order valence-electron chi connectivity index (χ0n) is 8.37. The maximum Gasteiger partial charge on any atom is 0.142 e. The van der Waals surface area contributed by atoms with E-state index in [1.54, 1.807) is 0 Å². The largest absolute Gasteiger partial charge is 0.327 e. The Kier molecular flexibility index (Phi) is 4.35. The van der Waals surface area contributed by atoms with Crippen molar-refractivity contribution in [1.29, 1.82) is 0 Å². The van der Waals surface area contributed by atoms with Gasteiger partial charge < -0.3 is 5.73 Å². The van der Waals surface area contributed by atoms with Crippen molar-refractivity contribution in [2.45, 2.75) is 24.3 Å². The van der Waals surface area contributed by atoms with Gasteiger partial charge in [-0.25, -0.2) is 8.78 Å². The van der Waals surface area contributed by atoms with Crippen LogP contribution in [0.4, 0.5) is 8.78 Å².